The summed E-state index contributed by atoms with van der Waals surface area (Å²) in [7, 11) is 0. The number of hydrogen-bond acceptors (Lipinski definition) is 4. The maximum Gasteiger partial charge on any atom is 0.119 e. The Labute approximate surface area is 179 Å². The van der Waals surface area contributed by atoms with E-state index in [1.165, 1.54) is 27.7 Å². The number of benzene rings is 2. The van der Waals surface area contributed by atoms with E-state index in [0.717, 1.165) is 44.9 Å². The van der Waals surface area contributed by atoms with Crippen LogP contribution in [-0.2, 0) is 13.1 Å². The normalized spacial score (nSPS) is 18.2. The number of aromatic amines is 1. The molecular formula is C25H33N3O2. The smallest absolute Gasteiger partial charge is 0.119 e. The van der Waals surface area contributed by atoms with E-state index in [0.29, 0.717) is 12.6 Å². The summed E-state index contributed by atoms with van der Waals surface area (Å²) < 4.78 is 5.56. The van der Waals surface area contributed by atoms with Crippen molar-refractivity contribution in [3.8, 4) is 5.75 Å². The maximum absolute atomic E-state index is 9.65. The maximum atomic E-state index is 9.65. The minimum absolute atomic E-state index is 0.226. The van der Waals surface area contributed by atoms with Crippen LogP contribution in [0.2, 0.25) is 0 Å². The molecule has 0 radical (unpaired) electrons. The first-order valence-corrected chi connectivity index (χ1v) is 11.0. The molecule has 0 saturated carbocycles. The van der Waals surface area contributed by atoms with Gasteiger partial charge in [-0.15, -0.1) is 0 Å². The zero-order valence-corrected chi connectivity index (χ0v) is 18.1. The molecule has 3 aromatic rings. The molecule has 1 saturated heterocycles. The number of aliphatic hydroxyl groups is 1. The molecule has 5 heteroatoms. The van der Waals surface area contributed by atoms with Crippen molar-refractivity contribution in [3.63, 3.8) is 0 Å². The Morgan fingerprint density at radius 3 is 2.60 bits per heavy atom. The summed E-state index contributed by atoms with van der Waals surface area (Å²) in [4.78, 5) is 8.64. The number of aromatic nitrogens is 1. The van der Waals surface area contributed by atoms with Crippen molar-refractivity contribution >= 4 is 10.9 Å². The summed E-state index contributed by atoms with van der Waals surface area (Å²) in [6, 6.07) is 17.3. The van der Waals surface area contributed by atoms with Gasteiger partial charge in [0.05, 0.1) is 6.61 Å². The highest BCUT2D eigenvalue weighted by Gasteiger charge is 2.27. The second kappa shape index (κ2) is 9.65. The van der Waals surface area contributed by atoms with Gasteiger partial charge < -0.3 is 14.8 Å². The lowest BCUT2D eigenvalue weighted by Gasteiger charge is -2.41. The molecule has 30 heavy (non-hydrogen) atoms. The minimum Gasteiger partial charge on any atom is -0.494 e. The van der Waals surface area contributed by atoms with Crippen LogP contribution in [0.3, 0.4) is 0 Å². The quantitative estimate of drug-likeness (QED) is 0.594. The van der Waals surface area contributed by atoms with E-state index < -0.39 is 0 Å². The number of aryl methyl sites for hydroxylation is 1. The van der Waals surface area contributed by atoms with Gasteiger partial charge in [0, 0.05) is 62.0 Å². The van der Waals surface area contributed by atoms with Gasteiger partial charge in [-0.25, -0.2) is 0 Å². The molecule has 1 atom stereocenters. The number of para-hydroxylation sites is 1. The molecule has 2 aromatic carbocycles. The third-order valence-corrected chi connectivity index (χ3v) is 6.22. The van der Waals surface area contributed by atoms with Crippen molar-refractivity contribution in [2.24, 2.45) is 0 Å². The first-order chi connectivity index (χ1) is 14.7. The molecule has 160 valence electrons. The van der Waals surface area contributed by atoms with Crippen LogP contribution in [0.15, 0.2) is 48.5 Å². The lowest BCUT2D eigenvalue weighted by molar-refractivity contribution is 0.0494. The Morgan fingerprint density at radius 2 is 1.87 bits per heavy atom. The third kappa shape index (κ3) is 4.69. The largest absolute Gasteiger partial charge is 0.494 e. The van der Waals surface area contributed by atoms with Crippen molar-refractivity contribution in [2.75, 3.05) is 32.8 Å². The van der Waals surface area contributed by atoms with Crippen molar-refractivity contribution in [2.45, 2.75) is 39.4 Å². The molecule has 0 aliphatic carbocycles. The van der Waals surface area contributed by atoms with Crippen LogP contribution in [0, 0.1) is 6.92 Å². The van der Waals surface area contributed by atoms with Gasteiger partial charge in [0.2, 0.25) is 0 Å². The van der Waals surface area contributed by atoms with Crippen molar-refractivity contribution in [1.82, 2.24) is 14.8 Å². The Hall–Kier alpha value is -2.34. The van der Waals surface area contributed by atoms with Gasteiger partial charge in [-0.2, -0.15) is 0 Å². The zero-order chi connectivity index (χ0) is 20.9. The highest BCUT2D eigenvalue weighted by Crippen LogP contribution is 2.24. The second-order valence-corrected chi connectivity index (χ2v) is 8.22. The number of ether oxygens (including phenoxy) is 1. The Bertz CT molecular complexity index is 951. The number of hydrogen-bond donors (Lipinski definition) is 2. The minimum atomic E-state index is 0.226. The van der Waals surface area contributed by atoms with Crippen LogP contribution in [0.5, 0.6) is 5.75 Å². The summed E-state index contributed by atoms with van der Waals surface area (Å²) in [5.74, 6) is 0.923. The van der Waals surface area contributed by atoms with Gasteiger partial charge in [0.1, 0.15) is 5.75 Å². The van der Waals surface area contributed by atoms with Gasteiger partial charge in [0.15, 0.2) is 0 Å². The predicted octanol–water partition coefficient (Wildman–Crippen LogP) is 3.94. The van der Waals surface area contributed by atoms with Gasteiger partial charge in [0.25, 0.3) is 0 Å². The van der Waals surface area contributed by atoms with Crippen LogP contribution in [0.4, 0.5) is 0 Å². The molecule has 0 spiro atoms. The SMILES string of the molecule is CCOc1ccc(CN2CCN(Cc3[nH]c4ccccc4c3C)C[C@H]2CCO)cc1. The second-order valence-electron chi connectivity index (χ2n) is 8.22. The molecule has 1 aromatic heterocycles. The summed E-state index contributed by atoms with van der Waals surface area (Å²) >= 11 is 0. The van der Waals surface area contributed by atoms with Crippen molar-refractivity contribution in [3.05, 3.63) is 65.4 Å². The van der Waals surface area contributed by atoms with E-state index in [1.807, 2.05) is 6.92 Å². The average molecular weight is 408 g/mol. The number of fused-ring (bicyclic) bond motifs is 1. The highest BCUT2D eigenvalue weighted by atomic mass is 16.5. The van der Waals surface area contributed by atoms with Crippen LogP contribution < -0.4 is 4.74 Å². The third-order valence-electron chi connectivity index (χ3n) is 6.22. The number of nitrogens with zero attached hydrogens (tertiary/aromatic N) is 2. The summed E-state index contributed by atoms with van der Waals surface area (Å²) in [6.45, 7) is 10.00. The molecule has 2 heterocycles. The fourth-order valence-electron chi connectivity index (χ4n) is 4.54. The molecular weight excluding hydrogens is 374 g/mol. The molecule has 5 nitrogen and oxygen atoms in total. The Kier molecular flexibility index (Phi) is 6.72. The van der Waals surface area contributed by atoms with Gasteiger partial charge in [-0.1, -0.05) is 30.3 Å². The number of aliphatic hydroxyl groups excluding tert-OH is 1. The molecule has 1 aliphatic heterocycles. The van der Waals surface area contributed by atoms with Crippen LogP contribution in [-0.4, -0.2) is 58.8 Å². The van der Waals surface area contributed by atoms with Crippen molar-refractivity contribution < 1.29 is 9.84 Å². The first-order valence-electron chi connectivity index (χ1n) is 11.0. The van der Waals surface area contributed by atoms with E-state index in [4.69, 9.17) is 4.74 Å². The molecule has 2 N–H and O–H groups in total. The molecule has 1 fully saturated rings. The topological polar surface area (TPSA) is 51.7 Å². The van der Waals surface area contributed by atoms with Crippen LogP contribution >= 0.6 is 0 Å². The van der Waals surface area contributed by atoms with Gasteiger partial charge in [-0.3, -0.25) is 9.80 Å². The summed E-state index contributed by atoms with van der Waals surface area (Å²) in [5.41, 5.74) is 5.16. The summed E-state index contributed by atoms with van der Waals surface area (Å²) in [5, 5.41) is 11.0. The molecule has 1 aliphatic rings. The van der Waals surface area contributed by atoms with E-state index in [1.54, 1.807) is 0 Å². The zero-order valence-electron chi connectivity index (χ0n) is 18.1. The van der Waals surface area contributed by atoms with Crippen molar-refractivity contribution in [1.29, 1.82) is 0 Å². The standard InChI is InChI=1S/C25H33N3O2/c1-3-30-22-10-8-20(9-11-22)16-28-14-13-27(17-21(28)12-15-29)18-25-19(2)23-6-4-5-7-24(23)26-25/h4-11,21,26,29H,3,12-18H2,1-2H3/t21-/m1/s1. The van der Waals surface area contributed by atoms with E-state index >= 15 is 0 Å². The monoisotopic (exact) mass is 407 g/mol. The predicted molar refractivity (Wildman–Crippen MR) is 122 cm³/mol. The Balaban J connectivity index is 1.41. The number of piperazine rings is 1. The summed E-state index contributed by atoms with van der Waals surface area (Å²) in [6.07, 6.45) is 0.805. The lowest BCUT2D eigenvalue weighted by atomic mass is 10.1. The number of nitrogens with one attached hydrogen (secondary N) is 1. The first kappa shape index (κ1) is 20.9. The average Bonchev–Trinajstić information content (AvgIpc) is 3.07. The fraction of sp³-hybridized carbons (Fsp3) is 0.440. The van der Waals surface area contributed by atoms with Gasteiger partial charge in [-0.05, 0) is 49.6 Å². The number of H-pyrrole nitrogens is 1. The van der Waals surface area contributed by atoms with Crippen LogP contribution in [0.1, 0.15) is 30.2 Å². The van der Waals surface area contributed by atoms with E-state index in [2.05, 4.69) is 70.2 Å². The Morgan fingerprint density at radius 1 is 1.07 bits per heavy atom. The van der Waals surface area contributed by atoms with Crippen LogP contribution in [0.25, 0.3) is 10.9 Å². The van der Waals surface area contributed by atoms with Gasteiger partial charge >= 0.3 is 0 Å². The fourth-order valence-corrected chi connectivity index (χ4v) is 4.54. The molecule has 0 bridgehead atoms. The van der Waals surface area contributed by atoms with E-state index in [9.17, 15) is 5.11 Å². The molecule has 0 amide bonds. The highest BCUT2D eigenvalue weighted by molar-refractivity contribution is 5.84. The lowest BCUT2D eigenvalue weighted by Crippen LogP contribution is -2.52. The molecule has 4 rings (SSSR count). The van der Waals surface area contributed by atoms with E-state index in [-0.39, 0.29) is 6.61 Å². The molecule has 0 unspecified atom stereocenters. The number of rotatable bonds is 8.